The third-order valence-electron chi connectivity index (χ3n) is 2.48. The first kappa shape index (κ1) is 11.8. The van der Waals surface area contributed by atoms with Gasteiger partial charge in [-0.05, 0) is 23.6 Å². The minimum atomic E-state index is -0.0849. The largest absolute Gasteiger partial charge is 0.507 e. The molecule has 0 aliphatic carbocycles. The minimum absolute atomic E-state index is 0.00463. The Kier molecular flexibility index (Phi) is 3.51. The lowest BCUT2D eigenvalue weighted by Gasteiger charge is -2.11. The molecule has 0 spiro atoms. The zero-order valence-corrected chi connectivity index (χ0v) is 9.74. The van der Waals surface area contributed by atoms with Crippen molar-refractivity contribution < 1.29 is 9.90 Å². The average molecular weight is 206 g/mol. The predicted molar refractivity (Wildman–Crippen MR) is 61.4 cm³/mol. The molecule has 0 bridgehead atoms. The summed E-state index contributed by atoms with van der Waals surface area (Å²) in [5.41, 5.74) is 1.52. The van der Waals surface area contributed by atoms with Crippen molar-refractivity contribution in [2.45, 2.75) is 33.6 Å². The number of carbonyl (C=O) groups is 1. The maximum absolute atomic E-state index is 11.8. The minimum Gasteiger partial charge on any atom is -0.507 e. The molecule has 0 fully saturated rings. The Bertz CT molecular complexity index is 365. The van der Waals surface area contributed by atoms with Crippen molar-refractivity contribution in [2.24, 2.45) is 5.92 Å². The fraction of sp³-hybridized carbons (Fsp3) is 0.462. The molecule has 0 atom stereocenters. The fourth-order valence-corrected chi connectivity index (χ4v) is 1.42. The second kappa shape index (κ2) is 4.47. The van der Waals surface area contributed by atoms with E-state index in [1.54, 1.807) is 12.1 Å². The van der Waals surface area contributed by atoms with Crippen LogP contribution in [0.3, 0.4) is 0 Å². The van der Waals surface area contributed by atoms with Crippen LogP contribution in [0.1, 0.15) is 49.5 Å². The van der Waals surface area contributed by atoms with E-state index in [1.165, 1.54) is 0 Å². The van der Waals surface area contributed by atoms with E-state index < -0.39 is 0 Å². The zero-order chi connectivity index (χ0) is 11.6. The third kappa shape index (κ3) is 2.58. The maximum atomic E-state index is 11.8. The van der Waals surface area contributed by atoms with Crippen LogP contribution in [0.4, 0.5) is 0 Å². The lowest BCUT2D eigenvalue weighted by molar-refractivity contribution is 0.0936. The number of aromatic hydroxyl groups is 1. The highest BCUT2D eigenvalue weighted by atomic mass is 16.3. The summed E-state index contributed by atoms with van der Waals surface area (Å²) >= 11 is 0. The van der Waals surface area contributed by atoms with E-state index in [9.17, 15) is 9.90 Å². The highest BCUT2D eigenvalue weighted by molar-refractivity contribution is 5.99. The number of ketones is 1. The summed E-state index contributed by atoms with van der Waals surface area (Å²) in [6.07, 6.45) is 0. The molecule has 2 nitrogen and oxygen atoms in total. The van der Waals surface area contributed by atoms with E-state index in [1.807, 2.05) is 19.9 Å². The summed E-state index contributed by atoms with van der Waals surface area (Å²) in [5, 5.41) is 9.62. The summed E-state index contributed by atoms with van der Waals surface area (Å²) in [4.78, 5) is 11.8. The highest BCUT2D eigenvalue weighted by Crippen LogP contribution is 2.25. The summed E-state index contributed by atoms with van der Waals surface area (Å²) < 4.78 is 0. The molecule has 1 aromatic carbocycles. The van der Waals surface area contributed by atoms with Gasteiger partial charge in [-0.1, -0.05) is 33.8 Å². The van der Waals surface area contributed by atoms with Crippen LogP contribution in [-0.4, -0.2) is 10.9 Å². The van der Waals surface area contributed by atoms with Gasteiger partial charge in [0, 0.05) is 5.92 Å². The van der Waals surface area contributed by atoms with Crippen LogP contribution in [0.25, 0.3) is 0 Å². The van der Waals surface area contributed by atoms with E-state index in [0.29, 0.717) is 11.5 Å². The normalized spacial score (nSPS) is 11.1. The molecule has 0 saturated carbocycles. The van der Waals surface area contributed by atoms with Crippen molar-refractivity contribution in [3.8, 4) is 5.75 Å². The van der Waals surface area contributed by atoms with Gasteiger partial charge in [0.25, 0.3) is 0 Å². The number of phenols is 1. The van der Waals surface area contributed by atoms with Gasteiger partial charge in [0.15, 0.2) is 5.78 Å². The Hall–Kier alpha value is -1.31. The Morgan fingerprint density at radius 1 is 1.20 bits per heavy atom. The number of Topliss-reactive ketones (excluding diaryl/α,β-unsaturated/α-hetero) is 1. The summed E-state index contributed by atoms with van der Waals surface area (Å²) in [5.74, 6) is 0.357. The van der Waals surface area contributed by atoms with E-state index in [-0.39, 0.29) is 17.5 Å². The van der Waals surface area contributed by atoms with Crippen LogP contribution < -0.4 is 0 Å². The predicted octanol–water partition coefficient (Wildman–Crippen LogP) is 3.35. The van der Waals surface area contributed by atoms with E-state index in [0.717, 1.165) is 5.56 Å². The molecule has 0 heterocycles. The van der Waals surface area contributed by atoms with Crippen LogP contribution in [0.5, 0.6) is 5.75 Å². The number of rotatable bonds is 3. The maximum Gasteiger partial charge on any atom is 0.169 e. The molecule has 0 saturated heterocycles. The van der Waals surface area contributed by atoms with Gasteiger partial charge in [0.2, 0.25) is 0 Å². The number of benzene rings is 1. The van der Waals surface area contributed by atoms with Gasteiger partial charge in [0.1, 0.15) is 5.75 Å². The molecule has 0 aliphatic heterocycles. The lowest BCUT2D eigenvalue weighted by Crippen LogP contribution is -2.08. The van der Waals surface area contributed by atoms with Crippen molar-refractivity contribution in [1.82, 2.24) is 0 Å². The molecule has 1 rings (SSSR count). The number of hydrogen-bond donors (Lipinski definition) is 1. The first-order valence-electron chi connectivity index (χ1n) is 5.30. The Morgan fingerprint density at radius 3 is 2.27 bits per heavy atom. The molecule has 1 aromatic rings. The Morgan fingerprint density at radius 2 is 1.80 bits per heavy atom. The van der Waals surface area contributed by atoms with Gasteiger partial charge in [-0.2, -0.15) is 0 Å². The number of phenolic OH excluding ortho intramolecular Hbond substituents is 1. The van der Waals surface area contributed by atoms with Crippen molar-refractivity contribution >= 4 is 5.78 Å². The van der Waals surface area contributed by atoms with Crippen molar-refractivity contribution in [1.29, 1.82) is 0 Å². The molecule has 0 aromatic heterocycles. The lowest BCUT2D eigenvalue weighted by atomic mass is 9.95. The fourth-order valence-electron chi connectivity index (χ4n) is 1.42. The van der Waals surface area contributed by atoms with Crippen LogP contribution in [0.15, 0.2) is 18.2 Å². The first-order chi connectivity index (χ1) is 6.93. The molecule has 0 unspecified atom stereocenters. The summed E-state index contributed by atoms with van der Waals surface area (Å²) in [7, 11) is 0. The van der Waals surface area contributed by atoms with Crippen molar-refractivity contribution in [2.75, 3.05) is 0 Å². The molecule has 0 amide bonds. The first-order valence-corrected chi connectivity index (χ1v) is 5.30. The Labute approximate surface area is 90.9 Å². The van der Waals surface area contributed by atoms with Gasteiger partial charge < -0.3 is 5.11 Å². The highest BCUT2D eigenvalue weighted by Gasteiger charge is 2.15. The van der Waals surface area contributed by atoms with Crippen LogP contribution in [-0.2, 0) is 0 Å². The SMILES string of the molecule is CC(C)C(=O)c1cc(C(C)C)ccc1O. The standard InChI is InChI=1S/C13H18O2/c1-8(2)10-5-6-12(14)11(7-10)13(15)9(3)4/h5-9,14H,1-4H3. The molecule has 82 valence electrons. The van der Waals surface area contributed by atoms with Crippen molar-refractivity contribution in [3.63, 3.8) is 0 Å². The smallest absolute Gasteiger partial charge is 0.169 e. The van der Waals surface area contributed by atoms with Gasteiger partial charge >= 0.3 is 0 Å². The quantitative estimate of drug-likeness (QED) is 0.770. The van der Waals surface area contributed by atoms with Crippen LogP contribution in [0.2, 0.25) is 0 Å². The second-order valence-corrected chi connectivity index (χ2v) is 4.45. The molecular weight excluding hydrogens is 188 g/mol. The van der Waals surface area contributed by atoms with Crippen molar-refractivity contribution in [3.05, 3.63) is 29.3 Å². The third-order valence-corrected chi connectivity index (χ3v) is 2.48. The number of carbonyl (C=O) groups excluding carboxylic acids is 1. The molecule has 2 heteroatoms. The topological polar surface area (TPSA) is 37.3 Å². The summed E-state index contributed by atoms with van der Waals surface area (Å²) in [6.45, 7) is 7.81. The van der Waals surface area contributed by atoms with E-state index >= 15 is 0 Å². The van der Waals surface area contributed by atoms with E-state index in [4.69, 9.17) is 0 Å². The molecule has 1 N–H and O–H groups in total. The molecule has 0 aliphatic rings. The average Bonchev–Trinajstić information content (AvgIpc) is 2.16. The van der Waals surface area contributed by atoms with E-state index in [2.05, 4.69) is 13.8 Å². The monoisotopic (exact) mass is 206 g/mol. The molecular formula is C13H18O2. The van der Waals surface area contributed by atoms with Gasteiger partial charge in [-0.3, -0.25) is 4.79 Å². The van der Waals surface area contributed by atoms with Gasteiger partial charge in [-0.15, -0.1) is 0 Å². The number of hydrogen-bond acceptors (Lipinski definition) is 2. The molecule has 0 radical (unpaired) electrons. The second-order valence-electron chi connectivity index (χ2n) is 4.45. The molecule has 15 heavy (non-hydrogen) atoms. The van der Waals surface area contributed by atoms with Gasteiger partial charge in [-0.25, -0.2) is 0 Å². The zero-order valence-electron chi connectivity index (χ0n) is 9.74. The summed E-state index contributed by atoms with van der Waals surface area (Å²) in [6, 6.07) is 5.25. The Balaban J connectivity index is 3.16. The van der Waals surface area contributed by atoms with Crippen LogP contribution >= 0.6 is 0 Å². The van der Waals surface area contributed by atoms with Crippen LogP contribution in [0, 0.1) is 5.92 Å². The van der Waals surface area contributed by atoms with Gasteiger partial charge in [0.05, 0.1) is 5.56 Å².